The molecule has 6 nitrogen and oxygen atoms in total. The van der Waals surface area contributed by atoms with Crippen LogP contribution in [-0.4, -0.2) is 24.5 Å². The summed E-state index contributed by atoms with van der Waals surface area (Å²) in [6.07, 6.45) is 1.79. The summed E-state index contributed by atoms with van der Waals surface area (Å²) in [5.41, 5.74) is 2.71. The molecule has 0 aliphatic heterocycles. The van der Waals surface area contributed by atoms with Gasteiger partial charge in [-0.1, -0.05) is 25.1 Å². The number of amides is 3. The highest BCUT2D eigenvalue weighted by Crippen LogP contribution is 2.40. The summed E-state index contributed by atoms with van der Waals surface area (Å²) in [5, 5.41) is 5.64. The highest BCUT2D eigenvalue weighted by atomic mass is 32.1. The summed E-state index contributed by atoms with van der Waals surface area (Å²) in [7, 11) is 0. The lowest BCUT2D eigenvalue weighted by Gasteiger charge is -2.18. The molecule has 1 aromatic heterocycles. The van der Waals surface area contributed by atoms with E-state index in [-0.39, 0.29) is 12.5 Å². The number of imide groups is 1. The van der Waals surface area contributed by atoms with Crippen LogP contribution >= 0.6 is 11.3 Å². The van der Waals surface area contributed by atoms with Crippen molar-refractivity contribution in [2.75, 3.05) is 11.9 Å². The molecule has 7 heteroatoms. The van der Waals surface area contributed by atoms with E-state index >= 15 is 0 Å². The number of fused-ring (bicyclic) bond motifs is 1. The number of carbonyl (C=O) groups excluding carboxylic acids is 3. The van der Waals surface area contributed by atoms with Crippen LogP contribution in [0.2, 0.25) is 0 Å². The molecule has 0 unspecified atom stereocenters. The van der Waals surface area contributed by atoms with Crippen LogP contribution in [0.25, 0.3) is 0 Å². The maximum absolute atomic E-state index is 12.8. The van der Waals surface area contributed by atoms with Gasteiger partial charge in [-0.3, -0.25) is 14.9 Å². The van der Waals surface area contributed by atoms with E-state index in [1.165, 1.54) is 11.3 Å². The number of anilines is 1. The van der Waals surface area contributed by atoms with E-state index in [1.807, 2.05) is 19.1 Å². The number of hydrogen-bond donors (Lipinski definition) is 2. The molecule has 1 aliphatic carbocycles. The van der Waals surface area contributed by atoms with Crippen LogP contribution in [0.5, 0.6) is 0 Å². The van der Waals surface area contributed by atoms with Gasteiger partial charge in [0.15, 0.2) is 0 Å². The number of benzene rings is 1. The molecule has 2 N–H and O–H groups in total. The van der Waals surface area contributed by atoms with Gasteiger partial charge in [0.05, 0.1) is 12.2 Å². The quantitative estimate of drug-likeness (QED) is 0.800. The lowest BCUT2D eigenvalue weighted by atomic mass is 9.88. The van der Waals surface area contributed by atoms with Crippen molar-refractivity contribution in [3.8, 4) is 0 Å². The monoisotopic (exact) mass is 400 g/mol. The van der Waals surface area contributed by atoms with E-state index in [0.717, 1.165) is 35.3 Å². The molecule has 3 rings (SSSR count). The Kier molecular flexibility index (Phi) is 6.14. The van der Waals surface area contributed by atoms with E-state index in [2.05, 4.69) is 17.6 Å². The van der Waals surface area contributed by atoms with E-state index in [4.69, 9.17) is 4.74 Å². The Morgan fingerprint density at radius 1 is 1.21 bits per heavy atom. The van der Waals surface area contributed by atoms with Crippen molar-refractivity contribution >= 4 is 34.2 Å². The third-order valence-corrected chi connectivity index (χ3v) is 6.02. The first kappa shape index (κ1) is 20.1. The summed E-state index contributed by atoms with van der Waals surface area (Å²) < 4.78 is 4.82. The molecule has 0 fully saturated rings. The van der Waals surface area contributed by atoms with E-state index < -0.39 is 12.0 Å². The molecule has 2 aromatic rings. The van der Waals surface area contributed by atoms with Gasteiger partial charge in [-0.15, -0.1) is 11.3 Å². The number of aryl methyl sites for hydroxylation is 1. The summed E-state index contributed by atoms with van der Waals surface area (Å²) in [4.78, 5) is 38.4. The van der Waals surface area contributed by atoms with Crippen molar-refractivity contribution in [2.24, 2.45) is 5.92 Å². The van der Waals surface area contributed by atoms with Gasteiger partial charge in [0.1, 0.15) is 5.00 Å². The second kappa shape index (κ2) is 8.56. The van der Waals surface area contributed by atoms with Crippen molar-refractivity contribution in [3.63, 3.8) is 0 Å². The average Bonchev–Trinajstić information content (AvgIpc) is 2.98. The fourth-order valence-corrected chi connectivity index (χ4v) is 4.80. The van der Waals surface area contributed by atoms with Crippen molar-refractivity contribution in [2.45, 2.75) is 40.0 Å². The minimum Gasteiger partial charge on any atom is -0.450 e. The Morgan fingerprint density at radius 3 is 2.68 bits per heavy atom. The van der Waals surface area contributed by atoms with E-state index in [1.54, 1.807) is 19.1 Å². The Morgan fingerprint density at radius 2 is 1.96 bits per heavy atom. The van der Waals surface area contributed by atoms with Crippen LogP contribution in [-0.2, 0) is 17.6 Å². The normalized spacial score (nSPS) is 15.5. The number of thiophene rings is 1. The predicted molar refractivity (Wildman–Crippen MR) is 109 cm³/mol. The number of rotatable bonds is 4. The second-order valence-corrected chi connectivity index (χ2v) is 8.10. The summed E-state index contributed by atoms with van der Waals surface area (Å²) in [5.74, 6) is -0.285. The van der Waals surface area contributed by atoms with E-state index in [9.17, 15) is 14.4 Å². The largest absolute Gasteiger partial charge is 0.450 e. The highest BCUT2D eigenvalue weighted by molar-refractivity contribution is 7.17. The Hall–Kier alpha value is -2.67. The average molecular weight is 401 g/mol. The Balaban J connectivity index is 1.93. The molecule has 0 saturated heterocycles. The van der Waals surface area contributed by atoms with Gasteiger partial charge in [0, 0.05) is 10.4 Å². The molecule has 1 atom stereocenters. The Labute approximate surface area is 168 Å². The van der Waals surface area contributed by atoms with Gasteiger partial charge in [-0.05, 0) is 56.2 Å². The second-order valence-electron chi connectivity index (χ2n) is 7.00. The summed E-state index contributed by atoms with van der Waals surface area (Å²) >= 11 is 1.42. The number of ether oxygens (including phenoxy) is 1. The van der Waals surface area contributed by atoms with Crippen LogP contribution in [0.3, 0.4) is 0 Å². The maximum Gasteiger partial charge on any atom is 0.414 e. The third-order valence-electron chi connectivity index (χ3n) is 4.85. The highest BCUT2D eigenvalue weighted by Gasteiger charge is 2.29. The fourth-order valence-electron chi connectivity index (χ4n) is 3.40. The lowest BCUT2D eigenvalue weighted by molar-refractivity contribution is 0.0925. The molecule has 0 radical (unpaired) electrons. The van der Waals surface area contributed by atoms with Gasteiger partial charge in [0.2, 0.25) is 0 Å². The van der Waals surface area contributed by atoms with Gasteiger partial charge in [-0.25, -0.2) is 4.79 Å². The van der Waals surface area contributed by atoms with Crippen LogP contribution in [0, 0.1) is 12.8 Å². The molecule has 148 valence electrons. The van der Waals surface area contributed by atoms with Crippen molar-refractivity contribution in [3.05, 3.63) is 51.4 Å². The molecule has 3 amide bonds. The zero-order valence-corrected chi connectivity index (χ0v) is 17.1. The molecule has 0 saturated carbocycles. The number of hydrogen-bond acceptors (Lipinski definition) is 5. The predicted octanol–water partition coefficient (Wildman–Crippen LogP) is 4.32. The smallest absolute Gasteiger partial charge is 0.414 e. The zero-order valence-electron chi connectivity index (χ0n) is 16.3. The first-order chi connectivity index (χ1) is 13.4. The third kappa shape index (κ3) is 4.25. The summed E-state index contributed by atoms with van der Waals surface area (Å²) in [6.45, 7) is 5.89. The Bertz CT molecular complexity index is 919. The van der Waals surface area contributed by atoms with Gasteiger partial charge in [-0.2, -0.15) is 0 Å². The molecule has 28 heavy (non-hydrogen) atoms. The lowest BCUT2D eigenvalue weighted by Crippen LogP contribution is -2.32. The minimum absolute atomic E-state index is 0.176. The SMILES string of the molecule is CCOC(=O)NC(=O)c1c(NC(=O)c2ccccc2C)sc2c1CC[C@H](C)C2. The first-order valence-corrected chi connectivity index (χ1v) is 10.2. The van der Waals surface area contributed by atoms with Crippen LogP contribution in [0.15, 0.2) is 24.3 Å². The van der Waals surface area contributed by atoms with Crippen LogP contribution in [0.1, 0.15) is 57.0 Å². The molecular formula is C21H24N2O4S. The molecule has 1 aliphatic rings. The maximum atomic E-state index is 12.8. The van der Waals surface area contributed by atoms with Crippen molar-refractivity contribution < 1.29 is 19.1 Å². The molecular weight excluding hydrogens is 376 g/mol. The van der Waals surface area contributed by atoms with Crippen LogP contribution in [0.4, 0.5) is 9.80 Å². The molecule has 1 heterocycles. The van der Waals surface area contributed by atoms with Crippen molar-refractivity contribution in [1.29, 1.82) is 0 Å². The number of nitrogens with one attached hydrogen (secondary N) is 2. The molecule has 1 aromatic carbocycles. The number of carbonyl (C=O) groups is 3. The number of alkyl carbamates (subject to hydrolysis) is 1. The van der Waals surface area contributed by atoms with Gasteiger partial charge in [0.25, 0.3) is 11.8 Å². The minimum atomic E-state index is -0.784. The zero-order chi connectivity index (χ0) is 20.3. The molecule has 0 spiro atoms. The van der Waals surface area contributed by atoms with Crippen molar-refractivity contribution in [1.82, 2.24) is 5.32 Å². The van der Waals surface area contributed by atoms with E-state index in [0.29, 0.717) is 22.0 Å². The fraction of sp³-hybridized carbons (Fsp3) is 0.381. The molecule has 0 bridgehead atoms. The topological polar surface area (TPSA) is 84.5 Å². The van der Waals surface area contributed by atoms with Gasteiger partial charge >= 0.3 is 6.09 Å². The first-order valence-electron chi connectivity index (χ1n) is 9.40. The standard InChI is InChI=1S/C21H24N2O4S/c1-4-27-21(26)23-19(25)17-15-10-9-12(2)11-16(15)28-20(17)22-18(24)14-8-6-5-7-13(14)3/h5-8,12H,4,9-11H2,1-3H3,(H,22,24)(H,23,25,26)/t12-/m0/s1. The van der Waals surface area contributed by atoms with Gasteiger partial charge < -0.3 is 10.1 Å². The van der Waals surface area contributed by atoms with Crippen LogP contribution < -0.4 is 10.6 Å². The summed E-state index contributed by atoms with van der Waals surface area (Å²) in [6, 6.07) is 7.29.